The van der Waals surface area contributed by atoms with Gasteiger partial charge in [-0.1, -0.05) is 42.5 Å². The van der Waals surface area contributed by atoms with Crippen LogP contribution in [0.15, 0.2) is 67.0 Å². The van der Waals surface area contributed by atoms with Crippen molar-refractivity contribution < 1.29 is 14.4 Å². The van der Waals surface area contributed by atoms with E-state index in [1.54, 1.807) is 35.5 Å². The average Bonchev–Trinajstić information content (AvgIpc) is 3.12. The summed E-state index contributed by atoms with van der Waals surface area (Å²) in [6, 6.07) is 18.7. The van der Waals surface area contributed by atoms with Crippen molar-refractivity contribution >= 4 is 23.5 Å². The molecule has 0 radical (unpaired) electrons. The molecule has 3 amide bonds. The zero-order valence-electron chi connectivity index (χ0n) is 18.1. The van der Waals surface area contributed by atoms with Gasteiger partial charge >= 0.3 is 0 Å². The molecule has 0 atom stereocenters. The Morgan fingerprint density at radius 2 is 1.45 bits per heavy atom. The molecule has 166 valence electrons. The molecule has 2 aliphatic heterocycles. The number of anilines is 1. The van der Waals surface area contributed by atoms with E-state index in [1.165, 1.54) is 4.90 Å². The van der Waals surface area contributed by atoms with Gasteiger partial charge in [-0.3, -0.25) is 19.3 Å². The van der Waals surface area contributed by atoms with Crippen LogP contribution in [0.25, 0.3) is 11.3 Å². The molecule has 0 unspecified atom stereocenters. The van der Waals surface area contributed by atoms with E-state index in [-0.39, 0.29) is 30.7 Å². The van der Waals surface area contributed by atoms with Crippen LogP contribution in [0.3, 0.4) is 0 Å². The zero-order chi connectivity index (χ0) is 22.8. The van der Waals surface area contributed by atoms with Gasteiger partial charge in [0.1, 0.15) is 12.1 Å². The second-order valence-corrected chi connectivity index (χ2v) is 8.05. The van der Waals surface area contributed by atoms with Gasteiger partial charge in [-0.05, 0) is 12.1 Å². The minimum atomic E-state index is -0.328. The number of imide groups is 1. The number of benzene rings is 2. The maximum Gasteiger partial charge on any atom is 0.261 e. The van der Waals surface area contributed by atoms with Gasteiger partial charge in [0, 0.05) is 50.8 Å². The lowest BCUT2D eigenvalue weighted by molar-refractivity contribution is -0.131. The maximum absolute atomic E-state index is 12.8. The topological polar surface area (TPSA) is 86.7 Å². The summed E-state index contributed by atoms with van der Waals surface area (Å²) in [6.07, 6.45) is 1.69. The first kappa shape index (κ1) is 20.8. The number of piperazine rings is 1. The lowest BCUT2D eigenvalue weighted by Gasteiger charge is -2.35. The van der Waals surface area contributed by atoms with E-state index in [0.717, 1.165) is 17.1 Å². The summed E-state index contributed by atoms with van der Waals surface area (Å²) < 4.78 is 0. The Morgan fingerprint density at radius 3 is 2.12 bits per heavy atom. The molecule has 0 aliphatic carbocycles. The summed E-state index contributed by atoms with van der Waals surface area (Å²) in [5.41, 5.74) is 2.70. The second-order valence-electron chi connectivity index (χ2n) is 8.05. The van der Waals surface area contributed by atoms with Crippen molar-refractivity contribution in [2.45, 2.75) is 6.42 Å². The molecule has 0 N–H and O–H groups in total. The number of hydrogen-bond acceptors (Lipinski definition) is 6. The molecule has 3 aromatic rings. The number of carbonyl (C=O) groups excluding carboxylic acids is 3. The highest BCUT2D eigenvalue weighted by Gasteiger charge is 2.35. The standard InChI is InChI=1S/C25H23N5O3/c31-23(10-11-30-24(32)19-8-4-5-9-20(19)25(30)33)29-14-12-28(13-15-29)22-16-21(26-17-27-22)18-6-2-1-3-7-18/h1-9,16-17H,10-15H2. The number of aromatic nitrogens is 2. The van der Waals surface area contributed by atoms with Crippen molar-refractivity contribution in [3.63, 3.8) is 0 Å². The molecular weight excluding hydrogens is 418 g/mol. The van der Waals surface area contributed by atoms with Crippen molar-refractivity contribution in [2.75, 3.05) is 37.6 Å². The Kier molecular flexibility index (Phi) is 5.56. The highest BCUT2D eigenvalue weighted by Crippen LogP contribution is 2.23. The smallest absolute Gasteiger partial charge is 0.261 e. The van der Waals surface area contributed by atoms with Crippen LogP contribution < -0.4 is 4.90 Å². The van der Waals surface area contributed by atoms with Crippen molar-refractivity contribution in [2.24, 2.45) is 0 Å². The van der Waals surface area contributed by atoms with E-state index in [1.807, 2.05) is 36.4 Å². The molecule has 0 bridgehead atoms. The minimum absolute atomic E-state index is 0.0566. The molecule has 0 spiro atoms. The van der Waals surface area contributed by atoms with E-state index in [2.05, 4.69) is 14.9 Å². The van der Waals surface area contributed by atoms with Crippen molar-refractivity contribution in [3.05, 3.63) is 78.1 Å². The van der Waals surface area contributed by atoms with Crippen LogP contribution in [0.4, 0.5) is 5.82 Å². The summed E-state index contributed by atoms with van der Waals surface area (Å²) in [5, 5.41) is 0. The first-order valence-electron chi connectivity index (χ1n) is 11.0. The molecule has 1 saturated heterocycles. The Labute approximate surface area is 191 Å². The number of nitrogens with zero attached hydrogens (tertiary/aromatic N) is 5. The molecule has 8 heteroatoms. The van der Waals surface area contributed by atoms with Gasteiger partial charge in [0.05, 0.1) is 16.8 Å². The third-order valence-electron chi connectivity index (χ3n) is 6.11. The third-order valence-corrected chi connectivity index (χ3v) is 6.11. The highest BCUT2D eigenvalue weighted by atomic mass is 16.2. The van der Waals surface area contributed by atoms with Crippen LogP contribution in [0, 0.1) is 0 Å². The third kappa shape index (κ3) is 4.07. The van der Waals surface area contributed by atoms with E-state index in [0.29, 0.717) is 37.3 Å². The highest BCUT2D eigenvalue weighted by molar-refractivity contribution is 6.21. The molecule has 8 nitrogen and oxygen atoms in total. The Morgan fingerprint density at radius 1 is 0.818 bits per heavy atom. The molecule has 2 aromatic carbocycles. The first-order chi connectivity index (χ1) is 16.1. The minimum Gasteiger partial charge on any atom is -0.353 e. The van der Waals surface area contributed by atoms with Crippen molar-refractivity contribution in [1.82, 2.24) is 19.8 Å². The van der Waals surface area contributed by atoms with Crippen LogP contribution in [-0.4, -0.2) is 70.2 Å². The van der Waals surface area contributed by atoms with Crippen molar-refractivity contribution in [1.29, 1.82) is 0 Å². The summed E-state index contributed by atoms with van der Waals surface area (Å²) in [6.45, 7) is 2.53. The van der Waals surface area contributed by atoms with Crippen molar-refractivity contribution in [3.8, 4) is 11.3 Å². The Balaban J connectivity index is 1.16. The molecule has 1 aromatic heterocycles. The summed E-state index contributed by atoms with van der Waals surface area (Å²) in [5.74, 6) is 0.123. The van der Waals surface area contributed by atoms with E-state index < -0.39 is 0 Å². The number of hydrogen-bond donors (Lipinski definition) is 0. The molecule has 5 rings (SSSR count). The second kappa shape index (κ2) is 8.82. The molecule has 3 heterocycles. The average molecular weight is 441 g/mol. The molecule has 33 heavy (non-hydrogen) atoms. The zero-order valence-corrected chi connectivity index (χ0v) is 18.1. The van der Waals surface area contributed by atoms with Gasteiger partial charge in [0.25, 0.3) is 11.8 Å². The fourth-order valence-electron chi connectivity index (χ4n) is 4.28. The lowest BCUT2D eigenvalue weighted by Crippen LogP contribution is -2.49. The van der Waals surface area contributed by atoms with Crippen LogP contribution >= 0.6 is 0 Å². The SMILES string of the molecule is O=C(CCN1C(=O)c2ccccc2C1=O)N1CCN(c2cc(-c3ccccc3)ncn2)CC1. The number of fused-ring (bicyclic) bond motifs is 1. The molecule has 2 aliphatic rings. The Hall–Kier alpha value is -4.07. The fraction of sp³-hybridized carbons (Fsp3) is 0.240. The lowest BCUT2D eigenvalue weighted by atomic mass is 10.1. The Bertz CT molecular complexity index is 1170. The van der Waals surface area contributed by atoms with Crippen LogP contribution in [0.1, 0.15) is 27.1 Å². The predicted octanol–water partition coefficient (Wildman–Crippen LogP) is 2.48. The van der Waals surface area contributed by atoms with Gasteiger partial charge in [0.2, 0.25) is 5.91 Å². The first-order valence-corrected chi connectivity index (χ1v) is 11.0. The van der Waals surface area contributed by atoms with Gasteiger partial charge in [-0.15, -0.1) is 0 Å². The maximum atomic E-state index is 12.8. The predicted molar refractivity (Wildman–Crippen MR) is 123 cm³/mol. The van der Waals surface area contributed by atoms with Crippen LogP contribution in [0.2, 0.25) is 0 Å². The summed E-state index contributed by atoms with van der Waals surface area (Å²) in [7, 11) is 0. The van der Waals surface area contributed by atoms with Gasteiger partial charge in [-0.2, -0.15) is 0 Å². The largest absolute Gasteiger partial charge is 0.353 e. The molecular formula is C25H23N5O3. The van der Waals surface area contributed by atoms with Crippen LogP contribution in [-0.2, 0) is 4.79 Å². The van der Waals surface area contributed by atoms with E-state index in [9.17, 15) is 14.4 Å². The van der Waals surface area contributed by atoms with E-state index >= 15 is 0 Å². The summed E-state index contributed by atoms with van der Waals surface area (Å²) >= 11 is 0. The quantitative estimate of drug-likeness (QED) is 0.566. The summed E-state index contributed by atoms with van der Waals surface area (Å²) in [4.78, 5) is 51.6. The number of amides is 3. The van der Waals surface area contributed by atoms with Gasteiger partial charge in [0.15, 0.2) is 0 Å². The van der Waals surface area contributed by atoms with Crippen LogP contribution in [0.5, 0.6) is 0 Å². The van der Waals surface area contributed by atoms with E-state index in [4.69, 9.17) is 0 Å². The number of carbonyl (C=O) groups is 3. The van der Waals surface area contributed by atoms with Gasteiger partial charge in [-0.25, -0.2) is 9.97 Å². The monoisotopic (exact) mass is 441 g/mol. The normalized spacial score (nSPS) is 15.7. The van der Waals surface area contributed by atoms with Gasteiger partial charge < -0.3 is 9.80 Å². The number of rotatable bonds is 5. The molecule has 0 saturated carbocycles. The fourth-order valence-corrected chi connectivity index (χ4v) is 4.28. The molecule has 1 fully saturated rings.